The molecular formula is C15H22N4O. The second kappa shape index (κ2) is 5.31. The van der Waals surface area contributed by atoms with E-state index in [1.807, 2.05) is 30.0 Å². The summed E-state index contributed by atoms with van der Waals surface area (Å²) in [5, 5.41) is 0. The van der Waals surface area contributed by atoms with Crippen molar-refractivity contribution in [1.82, 2.24) is 9.88 Å². The van der Waals surface area contributed by atoms with Gasteiger partial charge in [0.15, 0.2) is 5.82 Å². The Bertz CT molecular complexity index is 511. The van der Waals surface area contributed by atoms with E-state index in [0.717, 1.165) is 56.1 Å². The van der Waals surface area contributed by atoms with E-state index in [-0.39, 0.29) is 6.03 Å². The Morgan fingerprint density at radius 1 is 1.15 bits per heavy atom. The largest absolute Gasteiger partial charge is 0.356 e. The van der Waals surface area contributed by atoms with Crippen molar-refractivity contribution in [2.24, 2.45) is 0 Å². The van der Waals surface area contributed by atoms with Gasteiger partial charge < -0.3 is 9.80 Å². The highest BCUT2D eigenvalue weighted by atomic mass is 16.2. The van der Waals surface area contributed by atoms with Gasteiger partial charge in [0, 0.05) is 39.4 Å². The second-order valence-corrected chi connectivity index (χ2v) is 5.76. The maximum absolute atomic E-state index is 12.7. The number of hydrogen-bond donors (Lipinski definition) is 0. The van der Waals surface area contributed by atoms with Gasteiger partial charge in [-0.05, 0) is 37.8 Å². The third-order valence-electron chi connectivity index (χ3n) is 4.15. The molecular weight excluding hydrogens is 252 g/mol. The third kappa shape index (κ3) is 2.32. The van der Waals surface area contributed by atoms with E-state index in [9.17, 15) is 4.79 Å². The quantitative estimate of drug-likeness (QED) is 0.728. The van der Waals surface area contributed by atoms with Crippen molar-refractivity contribution in [2.45, 2.75) is 26.2 Å². The topological polar surface area (TPSA) is 39.7 Å². The number of pyridine rings is 1. The first-order valence-electron chi connectivity index (χ1n) is 7.41. The van der Waals surface area contributed by atoms with Gasteiger partial charge in [-0.15, -0.1) is 0 Å². The monoisotopic (exact) mass is 274 g/mol. The van der Waals surface area contributed by atoms with E-state index in [1.54, 1.807) is 0 Å². The third-order valence-corrected chi connectivity index (χ3v) is 4.15. The zero-order chi connectivity index (χ0) is 14.1. The lowest BCUT2D eigenvalue weighted by Crippen LogP contribution is -2.50. The summed E-state index contributed by atoms with van der Waals surface area (Å²) in [4.78, 5) is 23.2. The number of nitrogens with zero attached hydrogens (tertiary/aromatic N) is 4. The fourth-order valence-corrected chi connectivity index (χ4v) is 2.97. The first kappa shape index (κ1) is 13.2. The Kier molecular flexibility index (Phi) is 3.51. The summed E-state index contributed by atoms with van der Waals surface area (Å²) in [6.45, 7) is 5.37. The molecule has 1 saturated heterocycles. The first-order chi connectivity index (χ1) is 9.66. The van der Waals surface area contributed by atoms with Crippen LogP contribution in [0.5, 0.6) is 0 Å². The highest BCUT2D eigenvalue weighted by Gasteiger charge is 2.30. The predicted octanol–water partition coefficient (Wildman–Crippen LogP) is 2.25. The molecule has 0 atom stereocenters. The lowest BCUT2D eigenvalue weighted by molar-refractivity contribution is 0.193. The number of likely N-dealkylation sites (N-methyl/N-ethyl adjacent to an activating group) is 1. The van der Waals surface area contributed by atoms with Crippen molar-refractivity contribution < 1.29 is 4.79 Å². The molecule has 1 fully saturated rings. The van der Waals surface area contributed by atoms with Crippen LogP contribution in [-0.2, 0) is 0 Å². The molecule has 3 heterocycles. The summed E-state index contributed by atoms with van der Waals surface area (Å²) < 4.78 is 0. The minimum Gasteiger partial charge on any atom is -0.356 e. The van der Waals surface area contributed by atoms with Crippen LogP contribution >= 0.6 is 0 Å². The lowest BCUT2D eigenvalue weighted by Gasteiger charge is -2.38. The summed E-state index contributed by atoms with van der Waals surface area (Å²) in [5.41, 5.74) is 2.05. The normalized spacial score (nSPS) is 19.0. The second-order valence-electron chi connectivity index (χ2n) is 5.76. The standard InChI is InChI=1S/C15H22N4O/c1-12-10-13-14(16-11-12)17(2)8-9-19(13)15(20)18-6-4-3-5-7-18/h10-11H,3-9H2,1-2H3. The van der Waals surface area contributed by atoms with E-state index in [1.165, 1.54) is 6.42 Å². The van der Waals surface area contributed by atoms with Crippen molar-refractivity contribution in [3.05, 3.63) is 17.8 Å². The summed E-state index contributed by atoms with van der Waals surface area (Å²) in [7, 11) is 2.03. The molecule has 0 bridgehead atoms. The molecule has 0 spiro atoms. The van der Waals surface area contributed by atoms with Crippen LogP contribution in [0.2, 0.25) is 0 Å². The van der Waals surface area contributed by atoms with Gasteiger partial charge in [0.25, 0.3) is 0 Å². The number of aromatic nitrogens is 1. The number of rotatable bonds is 0. The highest BCUT2D eigenvalue weighted by molar-refractivity contribution is 5.96. The zero-order valence-electron chi connectivity index (χ0n) is 12.3. The number of carbonyl (C=O) groups excluding carboxylic acids is 1. The van der Waals surface area contributed by atoms with Crippen molar-refractivity contribution in [2.75, 3.05) is 43.0 Å². The Morgan fingerprint density at radius 2 is 1.90 bits per heavy atom. The Labute approximate surface area is 120 Å². The first-order valence-corrected chi connectivity index (χ1v) is 7.41. The van der Waals surface area contributed by atoms with Crippen molar-refractivity contribution in [3.63, 3.8) is 0 Å². The molecule has 3 rings (SSSR count). The minimum absolute atomic E-state index is 0.145. The molecule has 2 aliphatic heterocycles. The van der Waals surface area contributed by atoms with E-state index in [4.69, 9.17) is 0 Å². The molecule has 0 saturated carbocycles. The van der Waals surface area contributed by atoms with Gasteiger partial charge in [-0.3, -0.25) is 4.90 Å². The summed E-state index contributed by atoms with van der Waals surface area (Å²) in [6, 6.07) is 2.21. The average molecular weight is 274 g/mol. The number of hydrogen-bond acceptors (Lipinski definition) is 3. The van der Waals surface area contributed by atoms with Crippen LogP contribution in [-0.4, -0.2) is 49.1 Å². The van der Waals surface area contributed by atoms with Crippen LogP contribution in [0.15, 0.2) is 12.3 Å². The molecule has 2 amide bonds. The molecule has 5 heteroatoms. The van der Waals surface area contributed by atoms with E-state index >= 15 is 0 Å². The van der Waals surface area contributed by atoms with E-state index in [2.05, 4.69) is 16.0 Å². The molecule has 0 aliphatic carbocycles. The van der Waals surface area contributed by atoms with Crippen molar-refractivity contribution in [1.29, 1.82) is 0 Å². The highest BCUT2D eigenvalue weighted by Crippen LogP contribution is 2.31. The number of piperidine rings is 1. The smallest absolute Gasteiger partial charge is 0.324 e. The van der Waals surface area contributed by atoms with E-state index < -0.39 is 0 Å². The lowest BCUT2D eigenvalue weighted by atomic mass is 10.1. The fraction of sp³-hybridized carbons (Fsp3) is 0.600. The maximum atomic E-state index is 12.7. The van der Waals surface area contributed by atoms with Gasteiger partial charge in [-0.1, -0.05) is 0 Å². The van der Waals surface area contributed by atoms with Crippen LogP contribution in [0, 0.1) is 6.92 Å². The van der Waals surface area contributed by atoms with Crippen LogP contribution < -0.4 is 9.80 Å². The molecule has 2 aliphatic rings. The van der Waals surface area contributed by atoms with Crippen molar-refractivity contribution in [3.8, 4) is 0 Å². The number of fused-ring (bicyclic) bond motifs is 1. The molecule has 108 valence electrons. The van der Waals surface area contributed by atoms with Gasteiger partial charge >= 0.3 is 6.03 Å². The van der Waals surface area contributed by atoms with Crippen LogP contribution in [0.1, 0.15) is 24.8 Å². The predicted molar refractivity (Wildman–Crippen MR) is 80.4 cm³/mol. The van der Waals surface area contributed by atoms with Gasteiger partial charge in [0.05, 0.1) is 5.69 Å². The molecule has 20 heavy (non-hydrogen) atoms. The number of amides is 2. The molecule has 0 N–H and O–H groups in total. The summed E-state index contributed by atoms with van der Waals surface area (Å²) in [6.07, 6.45) is 5.35. The summed E-state index contributed by atoms with van der Waals surface area (Å²) in [5.74, 6) is 0.909. The molecule has 1 aromatic heterocycles. The molecule has 5 nitrogen and oxygen atoms in total. The minimum atomic E-state index is 0.145. The number of anilines is 2. The Morgan fingerprint density at radius 3 is 2.65 bits per heavy atom. The summed E-state index contributed by atoms with van der Waals surface area (Å²) >= 11 is 0. The Balaban J connectivity index is 1.89. The fourth-order valence-electron chi connectivity index (χ4n) is 2.97. The van der Waals surface area contributed by atoms with Crippen LogP contribution in [0.3, 0.4) is 0 Å². The maximum Gasteiger partial charge on any atom is 0.324 e. The van der Waals surface area contributed by atoms with Crippen LogP contribution in [0.25, 0.3) is 0 Å². The van der Waals surface area contributed by atoms with Crippen LogP contribution in [0.4, 0.5) is 16.3 Å². The molecule has 1 aromatic rings. The number of carbonyl (C=O) groups is 1. The molecule has 0 radical (unpaired) electrons. The molecule has 0 aromatic carbocycles. The zero-order valence-corrected chi connectivity index (χ0v) is 12.3. The van der Waals surface area contributed by atoms with E-state index in [0.29, 0.717) is 0 Å². The number of urea groups is 1. The average Bonchev–Trinajstić information content (AvgIpc) is 2.48. The SMILES string of the molecule is Cc1cnc2c(c1)N(C(=O)N1CCCCC1)CCN2C. The van der Waals surface area contributed by atoms with Gasteiger partial charge in [-0.25, -0.2) is 9.78 Å². The number of aryl methyl sites for hydroxylation is 1. The molecule has 0 unspecified atom stereocenters. The van der Waals surface area contributed by atoms with Gasteiger partial charge in [-0.2, -0.15) is 0 Å². The van der Waals surface area contributed by atoms with Crippen molar-refractivity contribution >= 4 is 17.5 Å². The Hall–Kier alpha value is -1.78. The van der Waals surface area contributed by atoms with Gasteiger partial charge in [0.1, 0.15) is 0 Å². The number of likely N-dealkylation sites (tertiary alicyclic amines) is 1. The van der Waals surface area contributed by atoms with Gasteiger partial charge in [0.2, 0.25) is 0 Å².